The average molecular weight is 290 g/mol. The van der Waals surface area contributed by atoms with E-state index >= 15 is 0 Å². The molecule has 4 heteroatoms. The fourth-order valence-corrected chi connectivity index (χ4v) is 2.79. The van der Waals surface area contributed by atoms with Gasteiger partial charge in [-0.25, -0.2) is 0 Å². The average Bonchev–Trinajstić information content (AvgIpc) is 2.47. The smallest absolute Gasteiger partial charge is 0.234 e. The van der Waals surface area contributed by atoms with E-state index in [-0.39, 0.29) is 12.0 Å². The third-order valence-electron chi connectivity index (χ3n) is 4.20. The summed E-state index contributed by atoms with van der Waals surface area (Å²) in [6.07, 6.45) is 1.82. The Balaban J connectivity index is 1.75. The Bertz CT molecular complexity index is 456. The first kappa shape index (κ1) is 16.0. The van der Waals surface area contributed by atoms with Crippen molar-refractivity contribution >= 4 is 5.91 Å². The van der Waals surface area contributed by atoms with Crippen molar-refractivity contribution in [3.8, 4) is 0 Å². The van der Waals surface area contributed by atoms with Gasteiger partial charge in [-0.15, -0.1) is 0 Å². The second-order valence-electron chi connectivity index (χ2n) is 6.14. The molecule has 21 heavy (non-hydrogen) atoms. The SMILES string of the molecule is Cc1ccc(CNC(=O)CN2CCCC(C(C)O)C2)cc1. The summed E-state index contributed by atoms with van der Waals surface area (Å²) in [6, 6.07) is 8.19. The maximum absolute atomic E-state index is 12.0. The summed E-state index contributed by atoms with van der Waals surface area (Å²) in [5.74, 6) is 0.352. The minimum atomic E-state index is -0.289. The highest BCUT2D eigenvalue weighted by molar-refractivity contribution is 5.78. The number of nitrogens with zero attached hydrogens (tertiary/aromatic N) is 1. The van der Waals surface area contributed by atoms with Gasteiger partial charge >= 0.3 is 0 Å². The molecule has 2 N–H and O–H groups in total. The molecular weight excluding hydrogens is 264 g/mol. The normalized spacial score (nSPS) is 21.0. The fourth-order valence-electron chi connectivity index (χ4n) is 2.79. The number of likely N-dealkylation sites (tertiary alicyclic amines) is 1. The topological polar surface area (TPSA) is 52.6 Å². The highest BCUT2D eigenvalue weighted by Gasteiger charge is 2.24. The van der Waals surface area contributed by atoms with Crippen LogP contribution in [-0.4, -0.2) is 41.7 Å². The molecule has 1 fully saturated rings. The standard InChI is InChI=1S/C17H26N2O2/c1-13-5-7-15(8-6-13)10-18-17(21)12-19-9-3-4-16(11-19)14(2)20/h5-8,14,16,20H,3-4,9-12H2,1-2H3,(H,18,21). The lowest BCUT2D eigenvalue weighted by molar-refractivity contribution is -0.123. The number of rotatable bonds is 5. The third-order valence-corrected chi connectivity index (χ3v) is 4.20. The van der Waals surface area contributed by atoms with Gasteiger partial charge < -0.3 is 10.4 Å². The number of aryl methyl sites for hydroxylation is 1. The van der Waals surface area contributed by atoms with Crippen molar-refractivity contribution in [2.45, 2.75) is 39.3 Å². The highest BCUT2D eigenvalue weighted by atomic mass is 16.3. The second kappa shape index (κ2) is 7.57. The van der Waals surface area contributed by atoms with Crippen LogP contribution in [0.3, 0.4) is 0 Å². The van der Waals surface area contributed by atoms with Gasteiger partial charge in [0.25, 0.3) is 0 Å². The molecule has 4 nitrogen and oxygen atoms in total. The van der Waals surface area contributed by atoms with Crippen LogP contribution < -0.4 is 5.32 Å². The number of piperidine rings is 1. The van der Waals surface area contributed by atoms with Crippen LogP contribution in [-0.2, 0) is 11.3 Å². The summed E-state index contributed by atoms with van der Waals surface area (Å²) in [5, 5.41) is 12.6. The molecule has 0 radical (unpaired) electrons. The minimum Gasteiger partial charge on any atom is -0.393 e. The maximum Gasteiger partial charge on any atom is 0.234 e. The van der Waals surface area contributed by atoms with Gasteiger partial charge in [-0.3, -0.25) is 9.69 Å². The second-order valence-corrected chi connectivity index (χ2v) is 6.14. The van der Waals surface area contributed by atoms with Crippen molar-refractivity contribution < 1.29 is 9.90 Å². The summed E-state index contributed by atoms with van der Waals surface area (Å²) < 4.78 is 0. The third kappa shape index (κ3) is 5.14. The molecule has 1 aliphatic heterocycles. The summed E-state index contributed by atoms with van der Waals surface area (Å²) >= 11 is 0. The van der Waals surface area contributed by atoms with Crippen molar-refractivity contribution in [3.63, 3.8) is 0 Å². The Morgan fingerprint density at radius 3 is 2.81 bits per heavy atom. The fraction of sp³-hybridized carbons (Fsp3) is 0.588. The van der Waals surface area contributed by atoms with Crippen LogP contribution in [0, 0.1) is 12.8 Å². The molecule has 1 aliphatic rings. The molecule has 0 aromatic heterocycles. The van der Waals surface area contributed by atoms with Gasteiger partial charge in [0.05, 0.1) is 12.6 Å². The number of nitrogens with one attached hydrogen (secondary N) is 1. The Morgan fingerprint density at radius 1 is 1.43 bits per heavy atom. The number of amides is 1. The molecule has 1 saturated heterocycles. The lowest BCUT2D eigenvalue weighted by Gasteiger charge is -2.33. The molecule has 0 bridgehead atoms. The van der Waals surface area contributed by atoms with Crippen molar-refractivity contribution in [2.24, 2.45) is 5.92 Å². The van der Waals surface area contributed by atoms with Gasteiger partial charge in [0.1, 0.15) is 0 Å². The lowest BCUT2D eigenvalue weighted by atomic mass is 9.93. The van der Waals surface area contributed by atoms with Crippen LogP contribution in [0.25, 0.3) is 0 Å². The van der Waals surface area contributed by atoms with Crippen molar-refractivity contribution in [2.75, 3.05) is 19.6 Å². The maximum atomic E-state index is 12.0. The Hall–Kier alpha value is -1.39. The number of aliphatic hydroxyl groups excluding tert-OH is 1. The summed E-state index contributed by atoms with van der Waals surface area (Å²) in [4.78, 5) is 14.2. The molecule has 1 aromatic rings. The van der Waals surface area contributed by atoms with Gasteiger partial charge in [0.15, 0.2) is 0 Å². The Morgan fingerprint density at radius 2 is 2.14 bits per heavy atom. The summed E-state index contributed by atoms with van der Waals surface area (Å²) in [7, 11) is 0. The monoisotopic (exact) mass is 290 g/mol. The number of carbonyl (C=O) groups excluding carboxylic acids is 1. The molecule has 116 valence electrons. The minimum absolute atomic E-state index is 0.0572. The van der Waals surface area contributed by atoms with E-state index in [1.165, 1.54) is 5.56 Å². The number of aliphatic hydroxyl groups is 1. The lowest BCUT2D eigenvalue weighted by Crippen LogP contribution is -2.44. The molecule has 2 unspecified atom stereocenters. The predicted octanol–water partition coefficient (Wildman–Crippen LogP) is 1.70. The van der Waals surface area contributed by atoms with Crippen molar-refractivity contribution in [1.82, 2.24) is 10.2 Å². The zero-order chi connectivity index (χ0) is 15.2. The van der Waals surface area contributed by atoms with E-state index in [0.29, 0.717) is 19.0 Å². The number of hydrogen-bond acceptors (Lipinski definition) is 3. The Kier molecular flexibility index (Phi) is 5.76. The first-order valence-electron chi connectivity index (χ1n) is 7.77. The van der Waals surface area contributed by atoms with Crippen LogP contribution in [0.15, 0.2) is 24.3 Å². The van der Waals surface area contributed by atoms with Crippen LogP contribution >= 0.6 is 0 Å². The Labute approximate surface area is 127 Å². The van der Waals surface area contributed by atoms with Gasteiger partial charge in [-0.1, -0.05) is 29.8 Å². The highest BCUT2D eigenvalue weighted by Crippen LogP contribution is 2.19. The van der Waals surface area contributed by atoms with E-state index < -0.39 is 0 Å². The number of benzene rings is 1. The van der Waals surface area contributed by atoms with E-state index in [4.69, 9.17) is 0 Å². The molecule has 0 spiro atoms. The van der Waals surface area contributed by atoms with E-state index in [1.54, 1.807) is 0 Å². The van der Waals surface area contributed by atoms with Crippen molar-refractivity contribution in [3.05, 3.63) is 35.4 Å². The van der Waals surface area contributed by atoms with Crippen LogP contribution in [0.1, 0.15) is 30.9 Å². The first-order chi connectivity index (χ1) is 10.0. The molecule has 1 amide bonds. The molecular formula is C17H26N2O2. The summed E-state index contributed by atoms with van der Waals surface area (Å²) in [6.45, 7) is 6.65. The van der Waals surface area contributed by atoms with Gasteiger partial charge in [0, 0.05) is 13.1 Å². The van der Waals surface area contributed by atoms with Gasteiger partial charge in [-0.05, 0) is 44.7 Å². The van der Waals surface area contributed by atoms with Crippen LogP contribution in [0.2, 0.25) is 0 Å². The van der Waals surface area contributed by atoms with Gasteiger partial charge in [-0.2, -0.15) is 0 Å². The van der Waals surface area contributed by atoms with Crippen molar-refractivity contribution in [1.29, 1.82) is 0 Å². The van der Waals surface area contributed by atoms with E-state index in [0.717, 1.165) is 31.5 Å². The number of carbonyl (C=O) groups is 1. The van der Waals surface area contributed by atoms with Crippen LogP contribution in [0.5, 0.6) is 0 Å². The molecule has 0 aliphatic carbocycles. The molecule has 1 heterocycles. The largest absolute Gasteiger partial charge is 0.393 e. The molecule has 2 rings (SSSR count). The predicted molar refractivity (Wildman–Crippen MR) is 83.9 cm³/mol. The van der Waals surface area contributed by atoms with E-state index in [9.17, 15) is 9.90 Å². The summed E-state index contributed by atoms with van der Waals surface area (Å²) in [5.41, 5.74) is 2.34. The number of hydrogen-bond donors (Lipinski definition) is 2. The first-order valence-corrected chi connectivity index (χ1v) is 7.77. The quantitative estimate of drug-likeness (QED) is 0.868. The van der Waals surface area contributed by atoms with E-state index in [1.807, 2.05) is 19.1 Å². The molecule has 1 aromatic carbocycles. The van der Waals surface area contributed by atoms with Gasteiger partial charge in [0.2, 0.25) is 5.91 Å². The van der Waals surface area contributed by atoms with E-state index in [2.05, 4.69) is 29.3 Å². The van der Waals surface area contributed by atoms with Crippen LogP contribution in [0.4, 0.5) is 0 Å². The zero-order valence-corrected chi connectivity index (χ0v) is 13.0. The molecule has 2 atom stereocenters. The zero-order valence-electron chi connectivity index (χ0n) is 13.0. The molecule has 0 saturated carbocycles.